The van der Waals surface area contributed by atoms with Crippen LogP contribution in [0.15, 0.2) is 48.5 Å². The van der Waals surface area contributed by atoms with Crippen molar-refractivity contribution in [2.24, 2.45) is 0 Å². The first-order chi connectivity index (χ1) is 11.4. The molecule has 0 saturated carbocycles. The molecule has 24 heavy (non-hydrogen) atoms. The summed E-state index contributed by atoms with van der Waals surface area (Å²) < 4.78 is 28.3. The van der Waals surface area contributed by atoms with Gasteiger partial charge in [-0.3, -0.25) is 21.0 Å². The van der Waals surface area contributed by atoms with Crippen LogP contribution >= 0.6 is 12.2 Å². The maximum absolute atomic E-state index is 12.1. The molecule has 0 atom stereocenters. The van der Waals surface area contributed by atoms with E-state index in [1.165, 1.54) is 42.5 Å². The monoisotopic (exact) mass is 354 g/mol. The average molecular weight is 354 g/mol. The van der Waals surface area contributed by atoms with Gasteiger partial charge in [0, 0.05) is 17.8 Å². The third-order valence-corrected chi connectivity index (χ3v) is 2.92. The van der Waals surface area contributed by atoms with E-state index in [1.807, 2.05) is 0 Å². The molecule has 2 aromatic carbocycles. The number of non-ortho nitro benzene ring substituents is 1. The second-order valence-electron chi connectivity index (χ2n) is 4.41. The van der Waals surface area contributed by atoms with E-state index < -0.39 is 11.5 Å². The van der Waals surface area contributed by atoms with Crippen molar-refractivity contribution in [3.05, 3.63) is 58.6 Å². The number of nitro groups is 1. The molecule has 0 bridgehead atoms. The summed E-state index contributed by atoms with van der Waals surface area (Å²) in [6.07, 6.45) is 0. The van der Waals surface area contributed by atoms with Gasteiger partial charge >= 0.3 is 6.61 Å². The number of hydrogen-bond acceptors (Lipinski definition) is 5. The van der Waals surface area contributed by atoms with E-state index in [-0.39, 0.29) is 16.5 Å². The SMILES string of the molecule is O=[N+]([O-])c1cccc(NNC(=S)Nc2ccc(OC(F)F)cc2)c1. The normalized spacial score (nSPS) is 10.1. The van der Waals surface area contributed by atoms with E-state index in [2.05, 4.69) is 20.9 Å². The number of rotatable bonds is 6. The number of ether oxygens (including phenoxy) is 1. The van der Waals surface area contributed by atoms with Crippen molar-refractivity contribution in [1.82, 2.24) is 5.43 Å². The summed E-state index contributed by atoms with van der Waals surface area (Å²) in [5, 5.41) is 13.7. The number of nitro benzene ring substituents is 1. The molecule has 0 fully saturated rings. The number of nitrogens with one attached hydrogen (secondary N) is 3. The molecular formula is C14H12F2N4O3S. The first kappa shape index (κ1) is 17.3. The third kappa shape index (κ3) is 5.32. The third-order valence-electron chi connectivity index (χ3n) is 2.71. The molecule has 126 valence electrons. The van der Waals surface area contributed by atoms with E-state index in [0.29, 0.717) is 11.4 Å². The Bertz CT molecular complexity index is 728. The smallest absolute Gasteiger partial charge is 0.387 e. The van der Waals surface area contributed by atoms with Crippen LogP contribution in [0.2, 0.25) is 0 Å². The van der Waals surface area contributed by atoms with Gasteiger partial charge in [-0.15, -0.1) is 0 Å². The Morgan fingerprint density at radius 2 is 1.88 bits per heavy atom. The predicted octanol–water partition coefficient (Wildman–Crippen LogP) is 3.51. The molecule has 3 N–H and O–H groups in total. The van der Waals surface area contributed by atoms with Crippen LogP contribution in [-0.4, -0.2) is 16.6 Å². The van der Waals surface area contributed by atoms with Gasteiger partial charge in [-0.05, 0) is 42.5 Å². The lowest BCUT2D eigenvalue weighted by atomic mass is 10.3. The summed E-state index contributed by atoms with van der Waals surface area (Å²) in [6.45, 7) is -2.88. The maximum atomic E-state index is 12.1. The van der Waals surface area contributed by atoms with Crippen molar-refractivity contribution in [2.45, 2.75) is 6.61 Å². The Morgan fingerprint density at radius 3 is 2.50 bits per heavy atom. The van der Waals surface area contributed by atoms with Gasteiger partial charge in [0.25, 0.3) is 5.69 Å². The Hall–Kier alpha value is -3.01. The molecule has 2 rings (SSSR count). The van der Waals surface area contributed by atoms with Crippen molar-refractivity contribution in [3.8, 4) is 5.75 Å². The molecule has 0 aliphatic rings. The highest BCUT2D eigenvalue weighted by Gasteiger charge is 2.06. The minimum absolute atomic E-state index is 0.0316. The topological polar surface area (TPSA) is 88.5 Å². The van der Waals surface area contributed by atoms with Crippen LogP contribution < -0.4 is 20.9 Å². The summed E-state index contributed by atoms with van der Waals surface area (Å²) in [5.74, 6) is 0.0316. The summed E-state index contributed by atoms with van der Waals surface area (Å²) >= 11 is 5.05. The van der Waals surface area contributed by atoms with Crippen LogP contribution in [0.5, 0.6) is 5.75 Å². The molecule has 0 aliphatic carbocycles. The maximum Gasteiger partial charge on any atom is 0.387 e. The number of thiocarbonyl (C=S) groups is 1. The number of halogens is 2. The second-order valence-corrected chi connectivity index (χ2v) is 4.82. The lowest BCUT2D eigenvalue weighted by molar-refractivity contribution is -0.384. The van der Waals surface area contributed by atoms with Gasteiger partial charge in [0.2, 0.25) is 0 Å². The first-order valence-corrected chi connectivity index (χ1v) is 6.97. The van der Waals surface area contributed by atoms with Gasteiger partial charge in [-0.1, -0.05) is 6.07 Å². The summed E-state index contributed by atoms with van der Waals surface area (Å²) in [7, 11) is 0. The molecule has 10 heteroatoms. The summed E-state index contributed by atoms with van der Waals surface area (Å²) in [6, 6.07) is 11.6. The van der Waals surface area contributed by atoms with E-state index in [1.54, 1.807) is 6.07 Å². The van der Waals surface area contributed by atoms with Crippen LogP contribution in [0, 0.1) is 10.1 Å². The van der Waals surface area contributed by atoms with Gasteiger partial charge in [0.1, 0.15) is 5.75 Å². The van der Waals surface area contributed by atoms with Crippen molar-refractivity contribution in [2.75, 3.05) is 10.7 Å². The van der Waals surface area contributed by atoms with Gasteiger partial charge in [0.15, 0.2) is 5.11 Å². The van der Waals surface area contributed by atoms with Gasteiger partial charge in [-0.2, -0.15) is 8.78 Å². The van der Waals surface area contributed by atoms with Crippen molar-refractivity contribution in [1.29, 1.82) is 0 Å². The lowest BCUT2D eigenvalue weighted by Crippen LogP contribution is -2.33. The molecule has 0 saturated heterocycles. The minimum Gasteiger partial charge on any atom is -0.435 e. The highest BCUT2D eigenvalue weighted by Crippen LogP contribution is 2.18. The van der Waals surface area contributed by atoms with Gasteiger partial charge < -0.3 is 10.1 Å². The van der Waals surface area contributed by atoms with E-state index in [9.17, 15) is 18.9 Å². The fraction of sp³-hybridized carbons (Fsp3) is 0.0714. The molecule has 0 spiro atoms. The van der Waals surface area contributed by atoms with E-state index >= 15 is 0 Å². The molecular weight excluding hydrogens is 342 g/mol. The highest BCUT2D eigenvalue weighted by atomic mass is 32.1. The zero-order chi connectivity index (χ0) is 17.5. The molecule has 0 radical (unpaired) electrons. The molecule has 0 amide bonds. The Balaban J connectivity index is 1.87. The number of benzene rings is 2. The van der Waals surface area contributed by atoms with Gasteiger partial charge in [0.05, 0.1) is 10.6 Å². The zero-order valence-electron chi connectivity index (χ0n) is 12.0. The van der Waals surface area contributed by atoms with Crippen LogP contribution in [0.3, 0.4) is 0 Å². The highest BCUT2D eigenvalue weighted by molar-refractivity contribution is 7.80. The number of anilines is 2. The summed E-state index contributed by atoms with van der Waals surface area (Å²) in [4.78, 5) is 10.2. The molecule has 2 aromatic rings. The van der Waals surface area contributed by atoms with Crippen LogP contribution in [0.4, 0.5) is 25.8 Å². The largest absolute Gasteiger partial charge is 0.435 e. The van der Waals surface area contributed by atoms with Gasteiger partial charge in [-0.25, -0.2) is 0 Å². The summed E-state index contributed by atoms with van der Waals surface area (Å²) in [5.41, 5.74) is 6.32. The van der Waals surface area contributed by atoms with Crippen molar-refractivity contribution < 1.29 is 18.4 Å². The van der Waals surface area contributed by atoms with E-state index in [0.717, 1.165) is 0 Å². The van der Waals surface area contributed by atoms with Crippen LogP contribution in [0.25, 0.3) is 0 Å². The molecule has 0 aromatic heterocycles. The Morgan fingerprint density at radius 1 is 1.17 bits per heavy atom. The lowest BCUT2D eigenvalue weighted by Gasteiger charge is -2.13. The predicted molar refractivity (Wildman–Crippen MR) is 89.1 cm³/mol. The quantitative estimate of drug-likeness (QED) is 0.416. The Kier molecular flexibility index (Phi) is 5.79. The number of hydrazine groups is 1. The van der Waals surface area contributed by atoms with Crippen molar-refractivity contribution >= 4 is 34.4 Å². The number of hydrogen-bond donors (Lipinski definition) is 3. The van der Waals surface area contributed by atoms with Crippen LogP contribution in [0.1, 0.15) is 0 Å². The standard InChI is InChI=1S/C14H12F2N4O3S/c15-13(16)23-12-6-4-9(5-7-12)17-14(24)19-18-10-2-1-3-11(8-10)20(21)22/h1-8,13,18H,(H2,17,19,24). The first-order valence-electron chi connectivity index (χ1n) is 6.56. The number of nitrogens with zero attached hydrogens (tertiary/aromatic N) is 1. The Labute approximate surface area is 140 Å². The average Bonchev–Trinajstić information content (AvgIpc) is 2.54. The molecule has 0 heterocycles. The fourth-order valence-electron chi connectivity index (χ4n) is 1.71. The van der Waals surface area contributed by atoms with E-state index in [4.69, 9.17) is 12.2 Å². The molecule has 0 aliphatic heterocycles. The zero-order valence-corrected chi connectivity index (χ0v) is 12.8. The second kappa shape index (κ2) is 8.02. The minimum atomic E-state index is -2.88. The molecule has 7 nitrogen and oxygen atoms in total. The van der Waals surface area contributed by atoms with Crippen LogP contribution in [-0.2, 0) is 0 Å². The van der Waals surface area contributed by atoms with Crippen molar-refractivity contribution in [3.63, 3.8) is 0 Å². The molecule has 0 unspecified atom stereocenters. The number of alkyl halides is 2. The fourth-order valence-corrected chi connectivity index (χ4v) is 1.88.